The molecule has 0 aliphatic carbocycles. The van der Waals surface area contributed by atoms with Gasteiger partial charge in [-0.2, -0.15) is 0 Å². The Hall–Kier alpha value is -1.00. The number of benzene rings is 1. The summed E-state index contributed by atoms with van der Waals surface area (Å²) in [5.41, 5.74) is 0.405. The van der Waals surface area contributed by atoms with E-state index in [4.69, 9.17) is 0 Å². The maximum absolute atomic E-state index is 13.4. The minimum absolute atomic E-state index is 0.399. The normalized spacial score (nSPS) is 18.2. The van der Waals surface area contributed by atoms with Crippen molar-refractivity contribution in [2.75, 3.05) is 26.7 Å². The number of hydrogen-bond donors (Lipinski definition) is 1. The van der Waals surface area contributed by atoms with E-state index in [9.17, 15) is 8.78 Å². The molecule has 1 aromatic carbocycles. The van der Waals surface area contributed by atoms with Gasteiger partial charge in [-0.15, -0.1) is 0 Å². The third kappa shape index (κ3) is 3.50. The summed E-state index contributed by atoms with van der Waals surface area (Å²) in [5, 5.41) is 3.23. The average molecular weight is 254 g/mol. The van der Waals surface area contributed by atoms with Gasteiger partial charge in [0.05, 0.1) is 0 Å². The zero-order valence-electron chi connectivity index (χ0n) is 10.8. The van der Waals surface area contributed by atoms with E-state index in [0.29, 0.717) is 18.0 Å². The summed E-state index contributed by atoms with van der Waals surface area (Å²) < 4.78 is 26.4. The number of halogens is 2. The van der Waals surface area contributed by atoms with Crippen molar-refractivity contribution < 1.29 is 8.78 Å². The molecule has 0 radical (unpaired) electrons. The second-order valence-electron chi connectivity index (χ2n) is 5.09. The van der Waals surface area contributed by atoms with Gasteiger partial charge in [-0.05, 0) is 51.5 Å². The molecule has 1 aliphatic rings. The highest BCUT2D eigenvalue weighted by Crippen LogP contribution is 2.15. The van der Waals surface area contributed by atoms with Gasteiger partial charge in [0.2, 0.25) is 0 Å². The average Bonchev–Trinajstić information content (AvgIpc) is 2.37. The lowest BCUT2D eigenvalue weighted by Crippen LogP contribution is -2.34. The van der Waals surface area contributed by atoms with E-state index in [1.807, 2.05) is 0 Å². The number of nitrogens with one attached hydrogen (secondary N) is 1. The largest absolute Gasteiger partial charge is 0.312 e. The van der Waals surface area contributed by atoms with Gasteiger partial charge in [-0.3, -0.25) is 0 Å². The molecule has 18 heavy (non-hydrogen) atoms. The van der Waals surface area contributed by atoms with Gasteiger partial charge in [-0.1, -0.05) is 12.1 Å². The molecule has 0 amide bonds. The molecule has 0 unspecified atom stereocenters. The lowest BCUT2D eigenvalue weighted by atomic mass is 9.97. The van der Waals surface area contributed by atoms with Crippen molar-refractivity contribution in [3.05, 3.63) is 35.4 Å². The van der Waals surface area contributed by atoms with Crippen molar-refractivity contribution >= 4 is 0 Å². The van der Waals surface area contributed by atoms with Crippen LogP contribution in [-0.2, 0) is 6.54 Å². The zero-order chi connectivity index (χ0) is 13.0. The number of rotatable bonds is 4. The molecule has 1 heterocycles. The topological polar surface area (TPSA) is 15.3 Å². The highest BCUT2D eigenvalue weighted by molar-refractivity contribution is 5.18. The Balaban J connectivity index is 1.77. The standard InChI is InChI=1S/C14H20F2N2/c1-18-7-5-11(6-8-18)9-17-10-12-3-2-4-13(15)14(12)16/h2-4,11,17H,5-10H2,1H3. The fraction of sp³-hybridized carbons (Fsp3) is 0.571. The second kappa shape index (κ2) is 6.25. The predicted molar refractivity (Wildman–Crippen MR) is 68.3 cm³/mol. The molecule has 1 aliphatic heterocycles. The Kier molecular flexibility index (Phi) is 4.66. The van der Waals surface area contributed by atoms with E-state index in [-0.39, 0.29) is 0 Å². The molecule has 2 rings (SSSR count). The van der Waals surface area contributed by atoms with Gasteiger partial charge in [-0.25, -0.2) is 8.78 Å². The summed E-state index contributed by atoms with van der Waals surface area (Å²) in [7, 11) is 2.13. The molecular weight excluding hydrogens is 234 g/mol. The fourth-order valence-electron chi connectivity index (χ4n) is 2.36. The zero-order valence-corrected chi connectivity index (χ0v) is 10.8. The van der Waals surface area contributed by atoms with Crippen molar-refractivity contribution in [2.24, 2.45) is 5.92 Å². The van der Waals surface area contributed by atoms with Crippen LogP contribution in [0.5, 0.6) is 0 Å². The van der Waals surface area contributed by atoms with Crippen LogP contribution in [-0.4, -0.2) is 31.6 Å². The Labute approximate surface area is 107 Å². The fourth-order valence-corrected chi connectivity index (χ4v) is 2.36. The molecule has 0 bridgehead atoms. The first-order valence-electron chi connectivity index (χ1n) is 6.49. The molecule has 0 aromatic heterocycles. The summed E-state index contributed by atoms with van der Waals surface area (Å²) in [6.45, 7) is 3.53. The van der Waals surface area contributed by atoms with E-state index >= 15 is 0 Å². The van der Waals surface area contributed by atoms with Gasteiger partial charge >= 0.3 is 0 Å². The minimum atomic E-state index is -0.770. The summed E-state index contributed by atoms with van der Waals surface area (Å²) in [6, 6.07) is 4.32. The number of piperidine rings is 1. The first kappa shape index (κ1) is 13.4. The van der Waals surface area contributed by atoms with E-state index in [1.54, 1.807) is 12.1 Å². The summed E-state index contributed by atoms with van der Waals surface area (Å²) >= 11 is 0. The molecule has 0 spiro atoms. The van der Waals surface area contributed by atoms with Crippen molar-refractivity contribution in [3.63, 3.8) is 0 Å². The van der Waals surface area contributed by atoms with Crippen molar-refractivity contribution in [1.29, 1.82) is 0 Å². The first-order chi connectivity index (χ1) is 8.66. The molecule has 1 N–H and O–H groups in total. The minimum Gasteiger partial charge on any atom is -0.312 e. The van der Waals surface area contributed by atoms with Crippen LogP contribution in [0.25, 0.3) is 0 Å². The van der Waals surface area contributed by atoms with Crippen LogP contribution in [0.15, 0.2) is 18.2 Å². The van der Waals surface area contributed by atoms with E-state index in [2.05, 4.69) is 17.3 Å². The van der Waals surface area contributed by atoms with Crippen LogP contribution in [0.4, 0.5) is 8.78 Å². The third-order valence-corrected chi connectivity index (χ3v) is 3.62. The van der Waals surface area contributed by atoms with Crippen LogP contribution >= 0.6 is 0 Å². The highest BCUT2D eigenvalue weighted by Gasteiger charge is 2.16. The van der Waals surface area contributed by atoms with Gasteiger partial charge in [0.15, 0.2) is 11.6 Å². The van der Waals surface area contributed by atoms with Crippen molar-refractivity contribution in [2.45, 2.75) is 19.4 Å². The summed E-state index contributed by atoms with van der Waals surface area (Å²) in [4.78, 5) is 2.32. The highest BCUT2D eigenvalue weighted by atomic mass is 19.2. The van der Waals surface area contributed by atoms with Gasteiger partial charge in [0, 0.05) is 12.1 Å². The molecular formula is C14H20F2N2. The summed E-state index contributed by atoms with van der Waals surface area (Å²) in [6.07, 6.45) is 2.35. The van der Waals surface area contributed by atoms with Crippen LogP contribution in [0, 0.1) is 17.6 Å². The van der Waals surface area contributed by atoms with Crippen LogP contribution < -0.4 is 5.32 Å². The predicted octanol–water partition coefficient (Wildman–Crippen LogP) is 2.40. The number of nitrogens with zero attached hydrogens (tertiary/aromatic N) is 1. The summed E-state index contributed by atoms with van der Waals surface area (Å²) in [5.74, 6) is -0.847. The molecule has 1 fully saturated rings. The second-order valence-corrected chi connectivity index (χ2v) is 5.09. The van der Waals surface area contributed by atoms with Crippen LogP contribution in [0.2, 0.25) is 0 Å². The molecule has 2 nitrogen and oxygen atoms in total. The van der Waals surface area contributed by atoms with Crippen LogP contribution in [0.3, 0.4) is 0 Å². The van der Waals surface area contributed by atoms with Crippen LogP contribution in [0.1, 0.15) is 18.4 Å². The first-order valence-corrected chi connectivity index (χ1v) is 6.49. The molecule has 100 valence electrons. The third-order valence-electron chi connectivity index (χ3n) is 3.62. The molecule has 1 aromatic rings. The van der Waals surface area contributed by atoms with Gasteiger partial charge in [0.25, 0.3) is 0 Å². The maximum atomic E-state index is 13.4. The maximum Gasteiger partial charge on any atom is 0.163 e. The van der Waals surface area contributed by atoms with E-state index in [1.165, 1.54) is 12.8 Å². The molecule has 1 saturated heterocycles. The molecule has 0 saturated carbocycles. The SMILES string of the molecule is CN1CCC(CNCc2cccc(F)c2F)CC1. The Bertz CT molecular complexity index is 387. The van der Waals surface area contributed by atoms with Crippen molar-refractivity contribution in [3.8, 4) is 0 Å². The number of likely N-dealkylation sites (tertiary alicyclic amines) is 1. The Morgan fingerprint density at radius 3 is 2.72 bits per heavy atom. The molecule has 0 atom stereocenters. The number of hydrogen-bond acceptors (Lipinski definition) is 2. The van der Waals surface area contributed by atoms with Crippen molar-refractivity contribution in [1.82, 2.24) is 10.2 Å². The Morgan fingerprint density at radius 2 is 2.00 bits per heavy atom. The van der Waals surface area contributed by atoms with Gasteiger partial charge < -0.3 is 10.2 Å². The lowest BCUT2D eigenvalue weighted by molar-refractivity contribution is 0.216. The van der Waals surface area contributed by atoms with E-state index < -0.39 is 11.6 Å². The molecule has 4 heteroatoms. The van der Waals surface area contributed by atoms with E-state index in [0.717, 1.165) is 25.7 Å². The monoisotopic (exact) mass is 254 g/mol. The van der Waals surface area contributed by atoms with Gasteiger partial charge in [0.1, 0.15) is 0 Å². The smallest absolute Gasteiger partial charge is 0.163 e. The quantitative estimate of drug-likeness (QED) is 0.887. The Morgan fingerprint density at radius 1 is 1.28 bits per heavy atom. The lowest BCUT2D eigenvalue weighted by Gasteiger charge is -2.29.